The van der Waals surface area contributed by atoms with E-state index in [1.54, 1.807) is 0 Å². The number of hydrogen-bond acceptors (Lipinski definition) is 2. The molecule has 2 atom stereocenters. The number of ether oxygens (including phenoxy) is 1. The third-order valence-corrected chi connectivity index (χ3v) is 3.94. The van der Waals surface area contributed by atoms with Crippen molar-refractivity contribution in [3.05, 3.63) is 29.3 Å². The minimum Gasteiger partial charge on any atom is -0.426 e. The van der Waals surface area contributed by atoms with E-state index in [0.29, 0.717) is 18.1 Å². The maximum atomic E-state index is 11.3. The largest absolute Gasteiger partial charge is 0.426 e. The number of esters is 1. The van der Waals surface area contributed by atoms with E-state index in [1.165, 1.54) is 5.56 Å². The molecule has 0 amide bonds. The zero-order valence-corrected chi connectivity index (χ0v) is 11.1. The molecule has 0 spiro atoms. The molecule has 0 aliphatic carbocycles. The molecule has 0 N–H and O–H groups in total. The lowest BCUT2D eigenvalue weighted by molar-refractivity contribution is -0.135. The van der Waals surface area contributed by atoms with Gasteiger partial charge in [0.05, 0.1) is 11.2 Å². The van der Waals surface area contributed by atoms with Gasteiger partial charge in [0.2, 0.25) is 0 Å². The number of rotatable bonds is 2. The second kappa shape index (κ2) is 4.58. The zero-order chi connectivity index (χ0) is 11.7. The molecule has 2 nitrogen and oxygen atoms in total. The van der Waals surface area contributed by atoms with Gasteiger partial charge in [0.15, 0.2) is 0 Å². The molecule has 16 heavy (non-hydrogen) atoms. The van der Waals surface area contributed by atoms with E-state index < -0.39 is 0 Å². The molecule has 0 bridgehead atoms. The number of hydrogen-bond donors (Lipinski definition) is 0. The van der Waals surface area contributed by atoms with Crippen LogP contribution in [-0.4, -0.2) is 5.97 Å². The van der Waals surface area contributed by atoms with Crippen molar-refractivity contribution in [1.29, 1.82) is 0 Å². The van der Waals surface area contributed by atoms with Crippen LogP contribution in [0.2, 0.25) is 0 Å². The third-order valence-electron chi connectivity index (χ3n) is 3.12. The van der Waals surface area contributed by atoms with E-state index in [2.05, 4.69) is 35.8 Å². The third kappa shape index (κ3) is 2.14. The van der Waals surface area contributed by atoms with E-state index in [4.69, 9.17) is 4.74 Å². The first-order chi connectivity index (χ1) is 7.61. The van der Waals surface area contributed by atoms with E-state index in [0.717, 1.165) is 12.0 Å². The smallest absolute Gasteiger partial charge is 0.312 e. The highest BCUT2D eigenvalue weighted by Crippen LogP contribution is 2.39. The molecule has 3 heteroatoms. The molecule has 2 unspecified atom stereocenters. The van der Waals surface area contributed by atoms with Crippen LogP contribution in [0.25, 0.3) is 0 Å². The maximum Gasteiger partial charge on any atom is 0.312 e. The Kier molecular flexibility index (Phi) is 3.33. The Labute approximate surface area is 104 Å². The number of fused-ring (bicyclic) bond motifs is 1. The minimum absolute atomic E-state index is 0.0905. The Hall–Kier alpha value is -0.830. The summed E-state index contributed by atoms with van der Waals surface area (Å²) in [7, 11) is 0. The van der Waals surface area contributed by atoms with Gasteiger partial charge in [-0.3, -0.25) is 4.79 Å². The summed E-state index contributed by atoms with van der Waals surface area (Å²) in [6.45, 7) is 4.38. The average molecular weight is 283 g/mol. The Bertz CT molecular complexity index is 414. The molecular weight excluding hydrogens is 268 g/mol. The summed E-state index contributed by atoms with van der Waals surface area (Å²) in [5, 5.41) is 0. The topological polar surface area (TPSA) is 26.3 Å². The molecule has 2 rings (SSSR count). The SMILES string of the molecule is CCC(C)c1ccc2c(c1)C(Br)CC(=O)O2. The van der Waals surface area contributed by atoms with Gasteiger partial charge in [0.1, 0.15) is 5.75 Å². The molecule has 1 aromatic carbocycles. The molecule has 86 valence electrons. The summed E-state index contributed by atoms with van der Waals surface area (Å²) in [6.07, 6.45) is 1.53. The van der Waals surface area contributed by atoms with Gasteiger partial charge < -0.3 is 4.74 Å². The zero-order valence-electron chi connectivity index (χ0n) is 9.50. The van der Waals surface area contributed by atoms with E-state index in [1.807, 2.05) is 12.1 Å². The van der Waals surface area contributed by atoms with E-state index in [-0.39, 0.29) is 10.8 Å². The van der Waals surface area contributed by atoms with Crippen molar-refractivity contribution in [1.82, 2.24) is 0 Å². The van der Waals surface area contributed by atoms with Gasteiger partial charge in [-0.1, -0.05) is 41.9 Å². The fourth-order valence-electron chi connectivity index (χ4n) is 1.87. The molecule has 0 saturated heterocycles. The van der Waals surface area contributed by atoms with Crippen molar-refractivity contribution in [2.75, 3.05) is 0 Å². The van der Waals surface area contributed by atoms with Gasteiger partial charge in [-0.25, -0.2) is 0 Å². The number of carbonyl (C=O) groups excluding carboxylic acids is 1. The molecule has 1 aliphatic rings. The molecule has 0 radical (unpaired) electrons. The Balaban J connectivity index is 2.38. The van der Waals surface area contributed by atoms with Gasteiger partial charge in [0, 0.05) is 5.56 Å². The van der Waals surface area contributed by atoms with Crippen LogP contribution in [0.1, 0.15) is 48.6 Å². The Morgan fingerprint density at radius 1 is 1.56 bits per heavy atom. The summed E-state index contributed by atoms with van der Waals surface area (Å²) >= 11 is 3.53. The van der Waals surface area contributed by atoms with Crippen LogP contribution in [-0.2, 0) is 4.79 Å². The van der Waals surface area contributed by atoms with Gasteiger partial charge in [-0.2, -0.15) is 0 Å². The summed E-state index contributed by atoms with van der Waals surface area (Å²) in [4.78, 5) is 11.3. The Morgan fingerprint density at radius 2 is 2.31 bits per heavy atom. The maximum absolute atomic E-state index is 11.3. The van der Waals surface area contributed by atoms with Crippen LogP contribution in [0.3, 0.4) is 0 Å². The van der Waals surface area contributed by atoms with Crippen LogP contribution in [0, 0.1) is 0 Å². The summed E-state index contributed by atoms with van der Waals surface area (Å²) in [5.41, 5.74) is 2.40. The highest BCUT2D eigenvalue weighted by Gasteiger charge is 2.25. The number of carbonyl (C=O) groups is 1. The van der Waals surface area contributed by atoms with Gasteiger partial charge in [-0.05, 0) is 24.0 Å². The monoisotopic (exact) mass is 282 g/mol. The molecular formula is C13H15BrO2. The van der Waals surface area contributed by atoms with Gasteiger partial charge >= 0.3 is 5.97 Å². The van der Waals surface area contributed by atoms with E-state index >= 15 is 0 Å². The first-order valence-electron chi connectivity index (χ1n) is 5.60. The van der Waals surface area contributed by atoms with Crippen LogP contribution in [0.15, 0.2) is 18.2 Å². The van der Waals surface area contributed by atoms with Crippen molar-refractivity contribution in [3.63, 3.8) is 0 Å². The molecule has 0 fully saturated rings. The molecule has 0 aromatic heterocycles. The predicted octanol–water partition coefficient (Wildman–Crippen LogP) is 3.95. The summed E-state index contributed by atoms with van der Waals surface area (Å²) in [6, 6.07) is 6.10. The molecule has 1 heterocycles. The number of halogens is 1. The first kappa shape index (κ1) is 11.6. The van der Waals surface area contributed by atoms with Crippen LogP contribution < -0.4 is 4.74 Å². The normalized spacial score (nSPS) is 21.2. The van der Waals surface area contributed by atoms with Crippen molar-refractivity contribution in [2.24, 2.45) is 0 Å². The predicted molar refractivity (Wildman–Crippen MR) is 67.1 cm³/mol. The fraction of sp³-hybridized carbons (Fsp3) is 0.462. The highest BCUT2D eigenvalue weighted by molar-refractivity contribution is 9.09. The van der Waals surface area contributed by atoms with Crippen molar-refractivity contribution < 1.29 is 9.53 Å². The fourth-order valence-corrected chi connectivity index (χ4v) is 2.49. The summed E-state index contributed by atoms with van der Waals surface area (Å²) < 4.78 is 5.20. The van der Waals surface area contributed by atoms with Gasteiger partial charge in [-0.15, -0.1) is 0 Å². The molecule has 1 aromatic rings. The first-order valence-corrected chi connectivity index (χ1v) is 6.52. The van der Waals surface area contributed by atoms with Crippen LogP contribution >= 0.6 is 15.9 Å². The van der Waals surface area contributed by atoms with Crippen LogP contribution in [0.5, 0.6) is 5.75 Å². The van der Waals surface area contributed by atoms with Crippen molar-refractivity contribution in [2.45, 2.75) is 37.4 Å². The summed E-state index contributed by atoms with van der Waals surface area (Å²) in [5.74, 6) is 1.08. The standard InChI is InChI=1S/C13H15BrO2/c1-3-8(2)9-4-5-12-10(6-9)11(14)7-13(15)16-12/h4-6,8,11H,3,7H2,1-2H3. The lowest BCUT2D eigenvalue weighted by Crippen LogP contribution is -2.17. The molecule has 0 saturated carbocycles. The second-order valence-electron chi connectivity index (χ2n) is 4.25. The Morgan fingerprint density at radius 3 is 3.00 bits per heavy atom. The average Bonchev–Trinajstić information content (AvgIpc) is 2.27. The van der Waals surface area contributed by atoms with E-state index in [9.17, 15) is 4.79 Å². The highest BCUT2D eigenvalue weighted by atomic mass is 79.9. The van der Waals surface area contributed by atoms with Crippen LogP contribution in [0.4, 0.5) is 0 Å². The van der Waals surface area contributed by atoms with Gasteiger partial charge in [0.25, 0.3) is 0 Å². The molecule has 1 aliphatic heterocycles. The second-order valence-corrected chi connectivity index (χ2v) is 5.36. The number of alkyl halides is 1. The van der Waals surface area contributed by atoms with Crippen molar-refractivity contribution >= 4 is 21.9 Å². The number of benzene rings is 1. The minimum atomic E-state index is -0.161. The lowest BCUT2D eigenvalue weighted by Gasteiger charge is -2.22. The van der Waals surface area contributed by atoms with Crippen molar-refractivity contribution in [3.8, 4) is 5.75 Å². The quantitative estimate of drug-likeness (QED) is 0.467. The lowest BCUT2D eigenvalue weighted by atomic mass is 9.94.